The summed E-state index contributed by atoms with van der Waals surface area (Å²) in [4.78, 5) is 39.2. The van der Waals surface area contributed by atoms with Gasteiger partial charge in [-0.15, -0.1) is 0 Å². The molecule has 5 N–H and O–H groups in total. The van der Waals surface area contributed by atoms with Crippen LogP contribution >= 0.6 is 0 Å². The van der Waals surface area contributed by atoms with Gasteiger partial charge >= 0.3 is 6.09 Å². The second-order valence-electron chi connectivity index (χ2n) is 15.1. The van der Waals surface area contributed by atoms with Crippen LogP contribution in [-0.2, 0) is 66.9 Å². The summed E-state index contributed by atoms with van der Waals surface area (Å²) in [6.45, 7) is 11.4. The Labute approximate surface area is 383 Å². The van der Waals surface area contributed by atoms with Crippen LogP contribution in [0.2, 0.25) is 0 Å². The SMILES string of the molecule is CCCOC(=O)NCCOCCOCCOCCOCCOCCOCCOCCOCCC(=O)N1CCc2cc(Cn3nc(-c4ccc5oc(N)nc5c4)c4c(N)ncnc43)ccc2C1. The zero-order chi connectivity index (χ0) is 46.2. The lowest BCUT2D eigenvalue weighted by Gasteiger charge is -2.29. The molecule has 21 heteroatoms. The van der Waals surface area contributed by atoms with Crippen molar-refractivity contribution in [3.8, 4) is 11.3 Å². The quantitative estimate of drug-likeness (QED) is 0.0523. The highest BCUT2D eigenvalue weighted by atomic mass is 16.6. The summed E-state index contributed by atoms with van der Waals surface area (Å²) in [5.41, 5.74) is 18.8. The van der Waals surface area contributed by atoms with E-state index in [-0.39, 0.29) is 11.9 Å². The molecule has 5 aromatic rings. The molecule has 0 radical (unpaired) electrons. The molecular weight excluding hydrogens is 859 g/mol. The fraction of sp³-hybridized carbons (Fsp3) is 0.556. The average molecular weight is 922 g/mol. The van der Waals surface area contributed by atoms with Gasteiger partial charge in [-0.3, -0.25) is 4.79 Å². The molecule has 2 amide bonds. The molecule has 6 rings (SSSR count). The molecule has 0 bridgehead atoms. The molecule has 0 unspecified atom stereocenters. The van der Waals surface area contributed by atoms with Gasteiger partial charge in [-0.25, -0.2) is 19.4 Å². The van der Waals surface area contributed by atoms with E-state index in [9.17, 15) is 9.59 Å². The molecule has 2 aromatic carbocycles. The van der Waals surface area contributed by atoms with E-state index in [1.165, 1.54) is 11.9 Å². The molecule has 0 saturated carbocycles. The van der Waals surface area contributed by atoms with Gasteiger partial charge in [-0.1, -0.05) is 25.1 Å². The zero-order valence-corrected chi connectivity index (χ0v) is 37.7. The highest BCUT2D eigenvalue weighted by Crippen LogP contribution is 2.33. The maximum Gasteiger partial charge on any atom is 0.407 e. The fourth-order valence-corrected chi connectivity index (χ4v) is 6.96. The second kappa shape index (κ2) is 27.8. The van der Waals surface area contributed by atoms with Crippen LogP contribution in [0.25, 0.3) is 33.4 Å². The number of carbonyl (C=O) groups excluding carboxylic acids is 2. The highest BCUT2D eigenvalue weighted by molar-refractivity contribution is 5.99. The lowest BCUT2D eigenvalue weighted by molar-refractivity contribution is -0.133. The maximum absolute atomic E-state index is 13.0. The number of fused-ring (bicyclic) bond motifs is 3. The summed E-state index contributed by atoms with van der Waals surface area (Å²) >= 11 is 0. The fourth-order valence-electron chi connectivity index (χ4n) is 6.96. The van der Waals surface area contributed by atoms with E-state index in [1.807, 2.05) is 28.6 Å². The third-order valence-corrected chi connectivity index (χ3v) is 10.2. The number of hydrogen-bond acceptors (Lipinski definition) is 18. The lowest BCUT2D eigenvalue weighted by Crippen LogP contribution is -2.36. The molecular formula is C45H63N9O12. The molecule has 21 nitrogen and oxygen atoms in total. The largest absolute Gasteiger partial charge is 0.450 e. The minimum atomic E-state index is -0.429. The normalized spacial score (nSPS) is 12.6. The molecule has 0 saturated heterocycles. The first-order chi connectivity index (χ1) is 32.4. The van der Waals surface area contributed by atoms with Crippen LogP contribution in [0.3, 0.4) is 0 Å². The molecule has 1 aliphatic rings. The minimum absolute atomic E-state index is 0.0630. The van der Waals surface area contributed by atoms with E-state index in [0.29, 0.717) is 179 Å². The summed E-state index contributed by atoms with van der Waals surface area (Å²) < 4.78 is 56.3. The number of alkyl carbamates (subject to hydrolysis) is 1. The van der Waals surface area contributed by atoms with Gasteiger partial charge < -0.3 is 68.7 Å². The first-order valence-corrected chi connectivity index (χ1v) is 22.4. The third-order valence-electron chi connectivity index (χ3n) is 10.2. The Balaban J connectivity index is 0.732. The number of benzene rings is 2. The van der Waals surface area contributed by atoms with Gasteiger partial charge in [0.05, 0.1) is 131 Å². The summed E-state index contributed by atoms with van der Waals surface area (Å²) in [6, 6.07) is 12.0. The van der Waals surface area contributed by atoms with Crippen LogP contribution in [0, 0.1) is 0 Å². The summed E-state index contributed by atoms with van der Waals surface area (Å²) in [5.74, 6) is 0.400. The van der Waals surface area contributed by atoms with Gasteiger partial charge in [0.2, 0.25) is 5.91 Å². The predicted molar refractivity (Wildman–Crippen MR) is 243 cm³/mol. The van der Waals surface area contributed by atoms with Crippen molar-refractivity contribution < 1.29 is 56.6 Å². The number of rotatable bonds is 32. The summed E-state index contributed by atoms with van der Waals surface area (Å²) in [6.07, 6.45) is 2.86. The molecule has 1 aliphatic heterocycles. The molecule has 0 aliphatic carbocycles. The van der Waals surface area contributed by atoms with E-state index >= 15 is 0 Å². The van der Waals surface area contributed by atoms with Crippen LogP contribution in [0.15, 0.2) is 47.1 Å². The van der Waals surface area contributed by atoms with Gasteiger partial charge in [0.25, 0.3) is 6.01 Å². The van der Waals surface area contributed by atoms with Crippen molar-refractivity contribution in [1.82, 2.24) is 34.9 Å². The summed E-state index contributed by atoms with van der Waals surface area (Å²) in [7, 11) is 0. The number of carbonyl (C=O) groups is 2. The Morgan fingerprint density at radius 1 is 0.727 bits per heavy atom. The molecule has 3 aromatic heterocycles. The third kappa shape index (κ3) is 16.1. The Hall–Kier alpha value is -5.52. The number of oxazole rings is 1. The van der Waals surface area contributed by atoms with Crippen molar-refractivity contribution in [2.75, 3.05) is 137 Å². The lowest BCUT2D eigenvalue weighted by atomic mass is 9.97. The topological polar surface area (TPSA) is 254 Å². The monoisotopic (exact) mass is 921 g/mol. The van der Waals surface area contributed by atoms with Gasteiger partial charge in [-0.2, -0.15) is 10.1 Å². The van der Waals surface area contributed by atoms with Crippen LogP contribution < -0.4 is 16.8 Å². The molecule has 0 fully saturated rings. The van der Waals surface area contributed by atoms with Crippen LogP contribution in [-0.4, -0.2) is 167 Å². The molecule has 360 valence electrons. The van der Waals surface area contributed by atoms with E-state index < -0.39 is 6.09 Å². The number of hydrogen-bond donors (Lipinski definition) is 3. The van der Waals surface area contributed by atoms with Crippen molar-refractivity contribution in [1.29, 1.82) is 0 Å². The second-order valence-corrected chi connectivity index (χ2v) is 15.1. The van der Waals surface area contributed by atoms with Crippen LogP contribution in [0.5, 0.6) is 0 Å². The molecule has 66 heavy (non-hydrogen) atoms. The first kappa shape index (κ1) is 49.9. The number of nitrogens with one attached hydrogen (secondary N) is 1. The van der Waals surface area contributed by atoms with Crippen molar-refractivity contribution >= 4 is 46.0 Å². The van der Waals surface area contributed by atoms with E-state index in [2.05, 4.69) is 38.5 Å². The first-order valence-electron chi connectivity index (χ1n) is 22.4. The van der Waals surface area contributed by atoms with Gasteiger partial charge in [0.1, 0.15) is 23.4 Å². The molecule has 4 heterocycles. The number of nitrogens with two attached hydrogens (primary N) is 2. The predicted octanol–water partition coefficient (Wildman–Crippen LogP) is 3.39. The van der Waals surface area contributed by atoms with Gasteiger partial charge in [-0.05, 0) is 47.7 Å². The molecule has 0 spiro atoms. The van der Waals surface area contributed by atoms with Crippen molar-refractivity contribution in [3.63, 3.8) is 0 Å². The minimum Gasteiger partial charge on any atom is -0.450 e. The number of anilines is 2. The van der Waals surface area contributed by atoms with E-state index in [4.69, 9.17) is 63.6 Å². The Kier molecular flexibility index (Phi) is 21.0. The maximum atomic E-state index is 13.0. The van der Waals surface area contributed by atoms with E-state index in [0.717, 1.165) is 29.5 Å². The van der Waals surface area contributed by atoms with Crippen LogP contribution in [0.1, 0.15) is 36.5 Å². The van der Waals surface area contributed by atoms with Crippen molar-refractivity contribution in [2.45, 2.75) is 39.3 Å². The number of aromatic nitrogens is 5. The zero-order valence-electron chi connectivity index (χ0n) is 37.7. The van der Waals surface area contributed by atoms with E-state index in [1.54, 1.807) is 6.07 Å². The highest BCUT2D eigenvalue weighted by Gasteiger charge is 2.22. The standard InChI is InChI=1S/C45H63N9O12/c1-2-11-65-45(56)48-9-13-58-15-17-60-19-21-62-23-25-64-27-26-63-24-22-61-20-18-59-16-14-57-12-8-39(55)53-10-7-34-28-33(3-4-36(34)31-53)30-54-43-40(42(46)49-32-50-43)41(52-54)35-5-6-38-37(29-35)51-44(47)66-38/h3-6,28-29,32H,2,7-27,30-31H2,1H3,(H2,47,51)(H,48,56)(H2,46,49,50). The smallest absolute Gasteiger partial charge is 0.407 e. The number of nitrogens with zero attached hydrogens (tertiary/aromatic N) is 6. The number of amides is 2. The van der Waals surface area contributed by atoms with Gasteiger partial charge in [0, 0.05) is 25.2 Å². The van der Waals surface area contributed by atoms with Crippen LogP contribution in [0.4, 0.5) is 16.6 Å². The average Bonchev–Trinajstić information content (AvgIpc) is 3.89. The Morgan fingerprint density at radius 2 is 1.35 bits per heavy atom. The number of nitrogen functional groups attached to an aromatic ring is 2. The van der Waals surface area contributed by atoms with Gasteiger partial charge in [0.15, 0.2) is 11.2 Å². The van der Waals surface area contributed by atoms with Crippen molar-refractivity contribution in [2.24, 2.45) is 0 Å². The molecule has 0 atom stereocenters. The summed E-state index contributed by atoms with van der Waals surface area (Å²) in [5, 5.41) is 8.19. The Bertz CT molecular complexity index is 2240. The number of ether oxygens (including phenoxy) is 9. The Morgan fingerprint density at radius 3 is 1.98 bits per heavy atom. The van der Waals surface area contributed by atoms with Crippen molar-refractivity contribution in [3.05, 3.63) is 59.4 Å².